The molecule has 0 radical (unpaired) electrons. The van der Waals surface area contributed by atoms with E-state index in [9.17, 15) is 9.59 Å². The second kappa shape index (κ2) is 7.80. The minimum Gasteiger partial charge on any atom is -0.432 e. The molecule has 0 atom stereocenters. The van der Waals surface area contributed by atoms with Crippen LogP contribution in [0.5, 0.6) is 0 Å². The summed E-state index contributed by atoms with van der Waals surface area (Å²) in [6.45, 7) is 8.66. The van der Waals surface area contributed by atoms with Gasteiger partial charge in [0.25, 0.3) is 0 Å². The van der Waals surface area contributed by atoms with E-state index in [1.54, 1.807) is 12.1 Å². The van der Waals surface area contributed by atoms with Gasteiger partial charge in [-0.05, 0) is 18.6 Å². The lowest BCUT2D eigenvalue weighted by Gasteiger charge is -2.16. The molecule has 1 rings (SSSR count). The van der Waals surface area contributed by atoms with Gasteiger partial charge >= 0.3 is 12.1 Å². The van der Waals surface area contributed by atoms with Gasteiger partial charge in [0.15, 0.2) is 0 Å². The van der Waals surface area contributed by atoms with E-state index < -0.39 is 20.2 Å². The number of carbonyl (C=O) groups excluding carboxylic acids is 2. The van der Waals surface area contributed by atoms with Crippen molar-refractivity contribution in [2.45, 2.75) is 33.0 Å². The fourth-order valence-electron chi connectivity index (χ4n) is 1.44. The first kappa shape index (κ1) is 17.2. The second-order valence-corrected chi connectivity index (χ2v) is 10.5. The summed E-state index contributed by atoms with van der Waals surface area (Å²) in [5.41, 5.74) is 0.308. The lowest BCUT2D eigenvalue weighted by atomic mass is 10.2. The van der Waals surface area contributed by atoms with Gasteiger partial charge in [0, 0.05) is 0 Å². The molecule has 0 aliphatic heterocycles. The van der Waals surface area contributed by atoms with E-state index in [2.05, 4.69) is 39.2 Å². The average Bonchev–Trinajstić information content (AvgIpc) is 2.44. The molecule has 0 heterocycles. The molecule has 0 amide bonds. The summed E-state index contributed by atoms with van der Waals surface area (Å²) in [7, 11) is -1.41. The number of hydrogen-bond acceptors (Lipinski definition) is 6. The molecule has 6 nitrogen and oxygen atoms in total. The third-order valence-electron chi connectivity index (χ3n) is 2.62. The van der Waals surface area contributed by atoms with Gasteiger partial charge in [0.05, 0.1) is 25.3 Å². The maximum atomic E-state index is 11.6. The summed E-state index contributed by atoms with van der Waals surface area (Å²) < 4.78 is 4.56. The topological polar surface area (TPSA) is 71.1 Å². The SMILES string of the molecule is CCCOC(=O)OOOC(=O)c1ccc([Si](C)(C)C)cc1. The average molecular weight is 312 g/mol. The van der Waals surface area contributed by atoms with Crippen LogP contribution in [-0.4, -0.2) is 26.8 Å². The van der Waals surface area contributed by atoms with Crippen LogP contribution < -0.4 is 5.19 Å². The molecule has 1 aromatic carbocycles. The van der Waals surface area contributed by atoms with Crippen LogP contribution in [0.2, 0.25) is 19.6 Å². The highest BCUT2D eigenvalue weighted by Gasteiger charge is 2.17. The Morgan fingerprint density at radius 3 is 2.19 bits per heavy atom. The zero-order valence-electron chi connectivity index (χ0n) is 12.7. The number of ether oxygens (including phenoxy) is 1. The summed E-state index contributed by atoms with van der Waals surface area (Å²) in [5.74, 6) is -0.750. The van der Waals surface area contributed by atoms with Crippen molar-refractivity contribution in [1.29, 1.82) is 0 Å². The van der Waals surface area contributed by atoms with Gasteiger partial charge in [-0.2, -0.15) is 0 Å². The lowest BCUT2D eigenvalue weighted by Crippen LogP contribution is -2.37. The normalized spacial score (nSPS) is 10.9. The summed E-state index contributed by atoms with van der Waals surface area (Å²) in [5, 5.41) is 5.31. The van der Waals surface area contributed by atoms with Crippen LogP contribution in [0.15, 0.2) is 24.3 Å². The molecule has 116 valence electrons. The van der Waals surface area contributed by atoms with E-state index in [0.29, 0.717) is 12.0 Å². The Morgan fingerprint density at radius 2 is 1.67 bits per heavy atom. The quantitative estimate of drug-likeness (QED) is 0.348. The van der Waals surface area contributed by atoms with Crippen LogP contribution in [-0.2, 0) is 19.6 Å². The Kier molecular flexibility index (Phi) is 6.38. The van der Waals surface area contributed by atoms with Crippen molar-refractivity contribution >= 4 is 25.4 Å². The Bertz CT molecular complexity index is 477. The third kappa shape index (κ3) is 5.97. The lowest BCUT2D eigenvalue weighted by molar-refractivity contribution is -0.452. The van der Waals surface area contributed by atoms with Crippen LogP contribution in [0.1, 0.15) is 23.7 Å². The molecule has 0 fully saturated rings. The summed E-state index contributed by atoms with van der Waals surface area (Å²) in [6, 6.07) is 7.07. The van der Waals surface area contributed by atoms with Crippen molar-refractivity contribution in [1.82, 2.24) is 0 Å². The molecular formula is C14H20O6Si. The molecule has 1 aromatic rings. The largest absolute Gasteiger partial charge is 0.543 e. The molecule has 0 aromatic heterocycles. The minimum atomic E-state index is -1.41. The third-order valence-corrected chi connectivity index (χ3v) is 4.69. The van der Waals surface area contributed by atoms with Gasteiger partial charge in [0.1, 0.15) is 0 Å². The predicted octanol–water partition coefficient (Wildman–Crippen LogP) is 2.80. The molecule has 0 N–H and O–H groups in total. The molecule has 0 saturated heterocycles. The number of benzene rings is 1. The number of rotatable bonds is 6. The van der Waals surface area contributed by atoms with Crippen LogP contribution in [0.25, 0.3) is 0 Å². The highest BCUT2D eigenvalue weighted by molar-refractivity contribution is 6.88. The smallest absolute Gasteiger partial charge is 0.432 e. The number of hydrogen-bond donors (Lipinski definition) is 0. The molecular weight excluding hydrogens is 292 g/mol. The first-order valence-electron chi connectivity index (χ1n) is 6.67. The Balaban J connectivity index is 2.44. The minimum absolute atomic E-state index is 0.203. The van der Waals surface area contributed by atoms with Gasteiger partial charge in [-0.3, -0.25) is 4.89 Å². The molecule has 0 unspecified atom stereocenters. The first-order valence-corrected chi connectivity index (χ1v) is 10.2. The molecule has 0 saturated carbocycles. The van der Waals surface area contributed by atoms with E-state index in [1.165, 1.54) is 5.19 Å². The van der Waals surface area contributed by atoms with E-state index >= 15 is 0 Å². The van der Waals surface area contributed by atoms with Crippen molar-refractivity contribution in [3.8, 4) is 0 Å². The molecule has 7 heteroatoms. The molecule has 0 spiro atoms. The van der Waals surface area contributed by atoms with Gasteiger partial charge < -0.3 is 4.74 Å². The van der Waals surface area contributed by atoms with E-state index in [1.807, 2.05) is 19.1 Å². The van der Waals surface area contributed by atoms with Gasteiger partial charge in [-0.15, -0.1) is 0 Å². The fourth-order valence-corrected chi connectivity index (χ4v) is 2.61. The van der Waals surface area contributed by atoms with E-state index in [-0.39, 0.29) is 6.61 Å². The highest BCUT2D eigenvalue weighted by Crippen LogP contribution is 2.06. The Morgan fingerprint density at radius 1 is 1.05 bits per heavy atom. The zero-order chi connectivity index (χ0) is 15.9. The Labute approximate surface area is 124 Å². The molecule has 0 aliphatic carbocycles. The van der Waals surface area contributed by atoms with Crippen LogP contribution >= 0.6 is 0 Å². The second-order valence-electron chi connectivity index (χ2n) is 5.45. The van der Waals surface area contributed by atoms with Crippen molar-refractivity contribution in [3.05, 3.63) is 29.8 Å². The standard InChI is InChI=1S/C14H20O6Si/c1-5-10-17-14(16)19-20-18-13(15)11-6-8-12(9-7-11)21(2,3)4/h6-9H,5,10H2,1-4H3. The van der Waals surface area contributed by atoms with Gasteiger partial charge in [-0.25, -0.2) is 14.5 Å². The molecule has 0 aliphatic rings. The highest BCUT2D eigenvalue weighted by atomic mass is 28.3. The van der Waals surface area contributed by atoms with Crippen molar-refractivity contribution in [3.63, 3.8) is 0 Å². The summed E-state index contributed by atoms with van der Waals surface area (Å²) in [6.07, 6.45) is -0.406. The molecule has 21 heavy (non-hydrogen) atoms. The zero-order valence-corrected chi connectivity index (χ0v) is 13.7. The fraction of sp³-hybridized carbons (Fsp3) is 0.429. The van der Waals surface area contributed by atoms with E-state index in [4.69, 9.17) is 0 Å². The number of carbonyl (C=O) groups is 2. The van der Waals surface area contributed by atoms with Crippen molar-refractivity contribution < 1.29 is 29.1 Å². The van der Waals surface area contributed by atoms with Gasteiger partial charge in [0.2, 0.25) is 0 Å². The van der Waals surface area contributed by atoms with Crippen LogP contribution in [0, 0.1) is 0 Å². The maximum absolute atomic E-state index is 11.6. The van der Waals surface area contributed by atoms with Crippen molar-refractivity contribution in [2.75, 3.05) is 6.61 Å². The first-order chi connectivity index (χ1) is 9.84. The predicted molar refractivity (Wildman–Crippen MR) is 78.6 cm³/mol. The van der Waals surface area contributed by atoms with Crippen LogP contribution in [0.4, 0.5) is 4.79 Å². The summed E-state index contributed by atoms with van der Waals surface area (Å²) in [4.78, 5) is 31.0. The van der Waals surface area contributed by atoms with Gasteiger partial charge in [-0.1, -0.05) is 43.9 Å². The monoisotopic (exact) mass is 312 g/mol. The maximum Gasteiger partial charge on any atom is 0.543 e. The molecule has 0 bridgehead atoms. The Hall–Kier alpha value is -1.86. The van der Waals surface area contributed by atoms with Crippen molar-refractivity contribution in [2.24, 2.45) is 0 Å². The summed E-state index contributed by atoms with van der Waals surface area (Å²) >= 11 is 0. The van der Waals surface area contributed by atoms with E-state index in [0.717, 1.165) is 0 Å². The van der Waals surface area contributed by atoms with Crippen LogP contribution in [0.3, 0.4) is 0 Å².